The summed E-state index contributed by atoms with van der Waals surface area (Å²) in [4.78, 5) is 4.51. The number of hydrogen-bond acceptors (Lipinski definition) is 4. The number of guanidine groups is 1. The van der Waals surface area contributed by atoms with Crippen molar-refractivity contribution in [2.75, 3.05) is 19.6 Å². The van der Waals surface area contributed by atoms with E-state index in [4.69, 9.17) is 4.74 Å². The molecule has 0 saturated carbocycles. The average Bonchev–Trinajstić information content (AvgIpc) is 3.07. The molecule has 7 nitrogen and oxygen atoms in total. The van der Waals surface area contributed by atoms with Gasteiger partial charge in [0.2, 0.25) is 0 Å². The van der Waals surface area contributed by atoms with Crippen LogP contribution in [0.1, 0.15) is 44.4 Å². The van der Waals surface area contributed by atoms with Gasteiger partial charge in [0, 0.05) is 25.8 Å². The van der Waals surface area contributed by atoms with Crippen molar-refractivity contribution >= 4 is 29.9 Å². The van der Waals surface area contributed by atoms with E-state index in [9.17, 15) is 5.11 Å². The Morgan fingerprint density at radius 2 is 2.10 bits per heavy atom. The summed E-state index contributed by atoms with van der Waals surface area (Å²) in [6.45, 7) is 10.7. The summed E-state index contributed by atoms with van der Waals surface area (Å²) in [6, 6.07) is 7.54. The number of hydrogen-bond donors (Lipinski definition) is 3. The van der Waals surface area contributed by atoms with Gasteiger partial charge in [-0.05, 0) is 57.4 Å². The fourth-order valence-electron chi connectivity index (χ4n) is 2.73. The van der Waals surface area contributed by atoms with Crippen LogP contribution >= 0.6 is 24.0 Å². The van der Waals surface area contributed by atoms with Crippen molar-refractivity contribution in [1.82, 2.24) is 20.4 Å². The van der Waals surface area contributed by atoms with E-state index in [2.05, 4.69) is 20.7 Å². The molecule has 162 valence electrons. The van der Waals surface area contributed by atoms with Crippen molar-refractivity contribution in [2.45, 2.75) is 52.9 Å². The number of aliphatic imine (C=N–C) groups is 1. The molecule has 0 spiro atoms. The quantitative estimate of drug-likeness (QED) is 0.196. The molecule has 0 aliphatic carbocycles. The summed E-state index contributed by atoms with van der Waals surface area (Å²) < 4.78 is 7.64. The molecule has 0 amide bonds. The molecule has 1 aromatic heterocycles. The fourth-order valence-corrected chi connectivity index (χ4v) is 2.73. The second-order valence-corrected chi connectivity index (χ2v) is 7.04. The number of nitrogens with zero attached hydrogens (tertiary/aromatic N) is 3. The van der Waals surface area contributed by atoms with E-state index >= 15 is 0 Å². The summed E-state index contributed by atoms with van der Waals surface area (Å²) >= 11 is 0. The van der Waals surface area contributed by atoms with Crippen molar-refractivity contribution < 1.29 is 9.84 Å². The fraction of sp³-hybridized carbons (Fsp3) is 0.524. The lowest BCUT2D eigenvalue weighted by molar-refractivity contribution is 0.185. The summed E-state index contributed by atoms with van der Waals surface area (Å²) in [5, 5.41) is 21.3. The second-order valence-electron chi connectivity index (χ2n) is 7.04. The standard InChI is InChI=1S/C21H33N5O2.HI/c1-5-22-21(23-10-7-11-26-15-17(4)13-25-26)24-14-20(27)18-8-6-9-19(12-18)28-16(2)3;/h6,8-9,12-13,15-16,20,27H,5,7,10-11,14H2,1-4H3,(H2,22,23,24);1H. The zero-order valence-corrected chi connectivity index (χ0v) is 20.1. The predicted molar refractivity (Wildman–Crippen MR) is 128 cm³/mol. The van der Waals surface area contributed by atoms with Crippen molar-refractivity contribution in [2.24, 2.45) is 4.99 Å². The molecule has 0 radical (unpaired) electrons. The average molecular weight is 515 g/mol. The number of nitrogens with one attached hydrogen (secondary N) is 2. The zero-order chi connectivity index (χ0) is 20.4. The topological polar surface area (TPSA) is 83.7 Å². The molecule has 0 fully saturated rings. The third-order valence-corrected chi connectivity index (χ3v) is 4.00. The highest BCUT2D eigenvalue weighted by Gasteiger charge is 2.09. The first-order valence-electron chi connectivity index (χ1n) is 9.94. The Bertz CT molecular complexity index is 748. The van der Waals surface area contributed by atoms with Crippen LogP contribution in [-0.4, -0.2) is 46.6 Å². The summed E-state index contributed by atoms with van der Waals surface area (Å²) in [6.07, 6.45) is 4.25. The highest BCUT2D eigenvalue weighted by atomic mass is 127. The Morgan fingerprint density at radius 1 is 1.31 bits per heavy atom. The minimum absolute atomic E-state index is 0. The van der Waals surface area contributed by atoms with E-state index in [1.807, 2.05) is 69.0 Å². The molecule has 0 bridgehead atoms. The number of aliphatic hydroxyl groups excluding tert-OH is 1. The van der Waals surface area contributed by atoms with Gasteiger partial charge in [0.25, 0.3) is 0 Å². The van der Waals surface area contributed by atoms with Gasteiger partial charge in [-0.1, -0.05) is 12.1 Å². The molecule has 1 aromatic carbocycles. The number of ether oxygens (including phenoxy) is 1. The zero-order valence-electron chi connectivity index (χ0n) is 17.8. The lowest BCUT2D eigenvalue weighted by Crippen LogP contribution is -2.38. The molecular formula is C21H34IN5O2. The molecule has 8 heteroatoms. The first-order chi connectivity index (χ1) is 13.5. The highest BCUT2D eigenvalue weighted by molar-refractivity contribution is 14.0. The van der Waals surface area contributed by atoms with Crippen LogP contribution in [0.5, 0.6) is 5.75 Å². The number of benzene rings is 1. The Balaban J connectivity index is 0.00000420. The molecule has 0 saturated heterocycles. The molecule has 0 aliphatic heterocycles. The van der Waals surface area contributed by atoms with E-state index in [1.165, 1.54) is 5.56 Å². The van der Waals surface area contributed by atoms with Gasteiger partial charge < -0.3 is 20.5 Å². The maximum absolute atomic E-state index is 10.5. The minimum Gasteiger partial charge on any atom is -0.491 e. The predicted octanol–water partition coefficient (Wildman–Crippen LogP) is 3.28. The first kappa shape index (κ1) is 25.2. The van der Waals surface area contributed by atoms with Crippen LogP contribution < -0.4 is 15.4 Å². The van der Waals surface area contributed by atoms with Gasteiger partial charge in [0.15, 0.2) is 5.96 Å². The number of aliphatic hydroxyl groups is 1. The molecule has 29 heavy (non-hydrogen) atoms. The molecule has 2 rings (SSSR count). The van der Waals surface area contributed by atoms with Crippen LogP contribution in [0.3, 0.4) is 0 Å². The number of rotatable bonds is 10. The lowest BCUT2D eigenvalue weighted by atomic mass is 10.1. The van der Waals surface area contributed by atoms with Crippen molar-refractivity contribution in [1.29, 1.82) is 0 Å². The molecule has 0 aliphatic rings. The van der Waals surface area contributed by atoms with Crippen molar-refractivity contribution in [3.63, 3.8) is 0 Å². The van der Waals surface area contributed by atoms with Gasteiger partial charge in [-0.2, -0.15) is 5.10 Å². The largest absolute Gasteiger partial charge is 0.491 e. The van der Waals surface area contributed by atoms with E-state index in [0.717, 1.165) is 37.4 Å². The van der Waals surface area contributed by atoms with Crippen molar-refractivity contribution in [3.05, 3.63) is 47.8 Å². The lowest BCUT2D eigenvalue weighted by Gasteiger charge is -2.15. The summed E-state index contributed by atoms with van der Waals surface area (Å²) in [5.41, 5.74) is 1.96. The third-order valence-electron chi connectivity index (χ3n) is 4.00. The van der Waals surface area contributed by atoms with E-state index in [1.54, 1.807) is 0 Å². The molecular weight excluding hydrogens is 481 g/mol. The highest BCUT2D eigenvalue weighted by Crippen LogP contribution is 2.20. The molecule has 3 N–H and O–H groups in total. The second kappa shape index (κ2) is 13.4. The first-order valence-corrected chi connectivity index (χ1v) is 9.94. The van der Waals surface area contributed by atoms with Gasteiger partial charge in [0.1, 0.15) is 5.75 Å². The molecule has 1 unspecified atom stereocenters. The van der Waals surface area contributed by atoms with E-state index < -0.39 is 6.10 Å². The van der Waals surface area contributed by atoms with Crippen molar-refractivity contribution in [3.8, 4) is 5.75 Å². The summed E-state index contributed by atoms with van der Waals surface area (Å²) in [7, 11) is 0. The molecule has 1 heterocycles. The van der Waals surface area contributed by atoms with Gasteiger partial charge in [-0.15, -0.1) is 24.0 Å². The third kappa shape index (κ3) is 9.49. The Labute approximate surface area is 191 Å². The van der Waals surface area contributed by atoms with Crippen LogP contribution in [-0.2, 0) is 6.54 Å². The smallest absolute Gasteiger partial charge is 0.191 e. The van der Waals surface area contributed by atoms with Gasteiger partial charge in [-0.25, -0.2) is 0 Å². The Hall–Kier alpha value is -1.81. The van der Waals surface area contributed by atoms with Crippen LogP contribution in [0.25, 0.3) is 0 Å². The monoisotopic (exact) mass is 515 g/mol. The summed E-state index contributed by atoms with van der Waals surface area (Å²) in [5.74, 6) is 1.46. The number of aromatic nitrogens is 2. The molecule has 1 atom stereocenters. The molecule has 2 aromatic rings. The number of aryl methyl sites for hydroxylation is 2. The normalized spacial score (nSPS) is 12.4. The van der Waals surface area contributed by atoms with Crippen LogP contribution in [0.15, 0.2) is 41.7 Å². The van der Waals surface area contributed by atoms with E-state index in [-0.39, 0.29) is 36.6 Å². The van der Waals surface area contributed by atoms with Gasteiger partial charge >= 0.3 is 0 Å². The maximum atomic E-state index is 10.5. The van der Waals surface area contributed by atoms with E-state index in [0.29, 0.717) is 5.96 Å². The van der Waals surface area contributed by atoms with Gasteiger partial charge in [0.05, 0.1) is 24.9 Å². The Kier molecular flexibility index (Phi) is 11.7. The van der Waals surface area contributed by atoms with Crippen LogP contribution in [0.4, 0.5) is 0 Å². The SMILES string of the molecule is CCNC(=NCC(O)c1cccc(OC(C)C)c1)NCCCn1cc(C)cn1.I. The van der Waals surface area contributed by atoms with Crippen LogP contribution in [0, 0.1) is 6.92 Å². The van der Waals surface area contributed by atoms with Crippen LogP contribution in [0.2, 0.25) is 0 Å². The maximum Gasteiger partial charge on any atom is 0.191 e. The number of halogens is 1. The Morgan fingerprint density at radius 3 is 2.76 bits per heavy atom. The van der Waals surface area contributed by atoms with Gasteiger partial charge in [-0.3, -0.25) is 9.67 Å². The minimum atomic E-state index is -0.682.